The third-order valence-corrected chi connectivity index (χ3v) is 7.79. The molecule has 5 heteroatoms. The number of ether oxygens (including phenoxy) is 2. The van der Waals surface area contributed by atoms with E-state index in [1.165, 1.54) is 62.0 Å². The first-order valence-electron chi connectivity index (χ1n) is 11.8. The molecule has 0 radical (unpaired) electrons. The Morgan fingerprint density at radius 1 is 1.17 bits per heavy atom. The van der Waals surface area contributed by atoms with Crippen LogP contribution in [0.15, 0.2) is 18.2 Å². The molecule has 0 saturated carbocycles. The fourth-order valence-corrected chi connectivity index (χ4v) is 6.12. The molecular formula is C25H36N2O3. The molecule has 1 spiro atoms. The average molecular weight is 413 g/mol. The van der Waals surface area contributed by atoms with Gasteiger partial charge in [-0.1, -0.05) is 18.6 Å². The summed E-state index contributed by atoms with van der Waals surface area (Å²) in [6.45, 7) is 9.17. The highest BCUT2D eigenvalue weighted by Crippen LogP contribution is 2.56. The molecule has 3 heterocycles. The van der Waals surface area contributed by atoms with E-state index >= 15 is 0 Å². The zero-order valence-corrected chi connectivity index (χ0v) is 18.5. The molecule has 1 saturated heterocycles. The third kappa shape index (κ3) is 3.45. The summed E-state index contributed by atoms with van der Waals surface area (Å²) in [5.74, 6) is 1.75. The molecule has 1 N–H and O–H groups in total. The zero-order valence-electron chi connectivity index (χ0n) is 18.5. The molecule has 5 rings (SSSR count). The number of benzene rings is 1. The van der Waals surface area contributed by atoms with Gasteiger partial charge in [0.1, 0.15) is 6.10 Å². The molecule has 164 valence electrons. The molecule has 2 unspecified atom stereocenters. The molecule has 3 atom stereocenters. The van der Waals surface area contributed by atoms with Crippen LogP contribution in [-0.2, 0) is 12.0 Å². The van der Waals surface area contributed by atoms with Crippen LogP contribution in [0.25, 0.3) is 0 Å². The minimum Gasteiger partial charge on any atom is -0.493 e. The summed E-state index contributed by atoms with van der Waals surface area (Å²) < 4.78 is 12.2. The topological polar surface area (TPSA) is 45.2 Å². The van der Waals surface area contributed by atoms with E-state index in [1.807, 2.05) is 6.08 Å². The Labute approximate surface area is 180 Å². The van der Waals surface area contributed by atoms with Crippen molar-refractivity contribution in [3.8, 4) is 11.5 Å². The van der Waals surface area contributed by atoms with Crippen molar-refractivity contribution in [1.29, 1.82) is 0 Å². The van der Waals surface area contributed by atoms with Crippen molar-refractivity contribution >= 4 is 0 Å². The minimum atomic E-state index is -0.422. The smallest absolute Gasteiger partial charge is 0.166 e. The van der Waals surface area contributed by atoms with Gasteiger partial charge in [-0.15, -0.1) is 0 Å². The molecule has 1 aromatic carbocycles. The van der Waals surface area contributed by atoms with E-state index in [1.54, 1.807) is 7.11 Å². The van der Waals surface area contributed by atoms with E-state index in [9.17, 15) is 5.11 Å². The Bertz CT molecular complexity index is 817. The van der Waals surface area contributed by atoms with E-state index < -0.39 is 6.10 Å². The number of rotatable bonds is 5. The van der Waals surface area contributed by atoms with Crippen LogP contribution in [0.1, 0.15) is 55.2 Å². The highest BCUT2D eigenvalue weighted by molar-refractivity contribution is 5.63. The summed E-state index contributed by atoms with van der Waals surface area (Å²) in [7, 11) is 1.73. The molecule has 1 aliphatic carbocycles. The lowest BCUT2D eigenvalue weighted by Crippen LogP contribution is -2.43. The zero-order chi connectivity index (χ0) is 20.7. The van der Waals surface area contributed by atoms with E-state index in [0.717, 1.165) is 37.6 Å². The lowest BCUT2D eigenvalue weighted by Gasteiger charge is -2.36. The first-order chi connectivity index (χ1) is 14.6. The fraction of sp³-hybridized carbons (Fsp3) is 0.680. The summed E-state index contributed by atoms with van der Waals surface area (Å²) in [6, 6.07) is 2.14. The summed E-state index contributed by atoms with van der Waals surface area (Å²) in [6.07, 6.45) is 10.9. The molecule has 0 aromatic heterocycles. The van der Waals surface area contributed by atoms with Crippen molar-refractivity contribution < 1.29 is 14.6 Å². The fourth-order valence-electron chi connectivity index (χ4n) is 6.12. The highest BCUT2D eigenvalue weighted by Gasteiger charge is 2.53. The van der Waals surface area contributed by atoms with Crippen molar-refractivity contribution in [3.05, 3.63) is 34.9 Å². The maximum Gasteiger partial charge on any atom is 0.166 e. The van der Waals surface area contributed by atoms with Crippen LogP contribution >= 0.6 is 0 Å². The van der Waals surface area contributed by atoms with E-state index in [2.05, 4.69) is 28.9 Å². The van der Waals surface area contributed by atoms with Gasteiger partial charge in [0, 0.05) is 18.5 Å². The van der Waals surface area contributed by atoms with Crippen LogP contribution in [0.5, 0.6) is 11.5 Å². The summed E-state index contributed by atoms with van der Waals surface area (Å²) in [5.41, 5.74) is 3.89. The largest absolute Gasteiger partial charge is 0.493 e. The van der Waals surface area contributed by atoms with Gasteiger partial charge >= 0.3 is 0 Å². The van der Waals surface area contributed by atoms with E-state index in [0.29, 0.717) is 6.42 Å². The number of piperidine rings is 1. The molecule has 1 fully saturated rings. The SMILES string of the molecule is COc1cc(C)c2c3c1OC1C[C@@H](O)C=CC31CCN(CCCN1CCCCC1)C2. The van der Waals surface area contributed by atoms with Gasteiger partial charge < -0.3 is 19.5 Å². The minimum absolute atomic E-state index is 0.00440. The Morgan fingerprint density at radius 2 is 1.97 bits per heavy atom. The predicted molar refractivity (Wildman–Crippen MR) is 118 cm³/mol. The second-order valence-electron chi connectivity index (χ2n) is 9.67. The van der Waals surface area contributed by atoms with Crippen LogP contribution in [-0.4, -0.2) is 66.9 Å². The molecule has 0 bridgehead atoms. The van der Waals surface area contributed by atoms with Crippen molar-refractivity contribution in [2.45, 2.75) is 69.6 Å². The van der Waals surface area contributed by atoms with Crippen molar-refractivity contribution in [3.63, 3.8) is 0 Å². The predicted octanol–water partition coefficient (Wildman–Crippen LogP) is 3.40. The molecule has 1 aromatic rings. The van der Waals surface area contributed by atoms with Gasteiger partial charge in [0.15, 0.2) is 11.5 Å². The second kappa shape index (κ2) is 8.18. The number of aliphatic hydroxyl groups excluding tert-OH is 1. The Hall–Kier alpha value is -1.56. The number of hydrogen-bond acceptors (Lipinski definition) is 5. The first kappa shape index (κ1) is 20.3. The first-order valence-corrected chi connectivity index (χ1v) is 11.8. The van der Waals surface area contributed by atoms with E-state index in [4.69, 9.17) is 9.47 Å². The van der Waals surface area contributed by atoms with Crippen LogP contribution in [0, 0.1) is 6.92 Å². The van der Waals surface area contributed by atoms with Crippen LogP contribution in [0.3, 0.4) is 0 Å². The van der Waals surface area contributed by atoms with Crippen molar-refractivity contribution in [2.24, 2.45) is 0 Å². The third-order valence-electron chi connectivity index (χ3n) is 7.79. The summed E-state index contributed by atoms with van der Waals surface area (Å²) >= 11 is 0. The molecule has 5 nitrogen and oxygen atoms in total. The van der Waals surface area contributed by atoms with Gasteiger partial charge in [0.2, 0.25) is 0 Å². The lowest BCUT2D eigenvalue weighted by molar-refractivity contribution is 0.0807. The molecule has 3 aliphatic heterocycles. The number of hydrogen-bond donors (Lipinski definition) is 1. The van der Waals surface area contributed by atoms with Crippen LogP contribution in [0.4, 0.5) is 0 Å². The van der Waals surface area contributed by atoms with E-state index in [-0.39, 0.29) is 11.5 Å². The maximum absolute atomic E-state index is 10.3. The van der Waals surface area contributed by atoms with Gasteiger partial charge in [-0.25, -0.2) is 0 Å². The number of aryl methyl sites for hydroxylation is 1. The van der Waals surface area contributed by atoms with Crippen molar-refractivity contribution in [1.82, 2.24) is 9.80 Å². The molecule has 4 aliphatic rings. The van der Waals surface area contributed by atoms with Crippen LogP contribution in [0.2, 0.25) is 0 Å². The Morgan fingerprint density at radius 3 is 2.77 bits per heavy atom. The molecule has 30 heavy (non-hydrogen) atoms. The van der Waals surface area contributed by atoms with Gasteiger partial charge in [-0.05, 0) is 82.5 Å². The Balaban J connectivity index is 1.41. The summed E-state index contributed by atoms with van der Waals surface area (Å²) in [5, 5.41) is 10.3. The highest BCUT2D eigenvalue weighted by atomic mass is 16.5. The number of likely N-dealkylation sites (tertiary alicyclic amines) is 1. The second-order valence-corrected chi connectivity index (χ2v) is 9.67. The van der Waals surface area contributed by atoms with Crippen molar-refractivity contribution in [2.75, 3.05) is 39.8 Å². The number of methoxy groups -OCH3 is 1. The van der Waals surface area contributed by atoms with Crippen LogP contribution < -0.4 is 9.47 Å². The number of aliphatic hydroxyl groups is 1. The Kier molecular flexibility index (Phi) is 5.55. The lowest BCUT2D eigenvalue weighted by atomic mass is 9.68. The number of nitrogens with zero attached hydrogens (tertiary/aromatic N) is 2. The van der Waals surface area contributed by atoms with Gasteiger partial charge in [-0.2, -0.15) is 0 Å². The van der Waals surface area contributed by atoms with Gasteiger partial charge in [0.05, 0.1) is 18.6 Å². The molecule has 0 amide bonds. The quantitative estimate of drug-likeness (QED) is 0.751. The standard InChI is InChI=1S/C25H36N2O3/c1-18-15-21(29-2)24-23-20(18)17-27(13-6-12-26-10-4-3-5-11-26)14-9-25(23)8-7-19(28)16-22(25)30-24/h7-8,15,19,22,28H,3-6,9-14,16-17H2,1-2H3/t19-,22?,25?/m0/s1. The normalized spacial score (nSPS) is 31.0. The van der Waals surface area contributed by atoms with Gasteiger partial charge in [-0.3, -0.25) is 4.90 Å². The average Bonchev–Trinajstić information content (AvgIpc) is 2.98. The van der Waals surface area contributed by atoms with Gasteiger partial charge in [0.25, 0.3) is 0 Å². The molecular weight excluding hydrogens is 376 g/mol. The summed E-state index contributed by atoms with van der Waals surface area (Å²) in [4.78, 5) is 5.28. The maximum atomic E-state index is 10.3. The monoisotopic (exact) mass is 412 g/mol.